The monoisotopic (exact) mass is 269 g/mol. The highest BCUT2D eigenvalue weighted by molar-refractivity contribution is 5.99. The molecule has 1 amide bonds. The quantitative estimate of drug-likeness (QED) is 0.801. The van der Waals surface area contributed by atoms with E-state index >= 15 is 0 Å². The lowest BCUT2D eigenvalue weighted by Gasteiger charge is -2.21. The summed E-state index contributed by atoms with van der Waals surface area (Å²) in [5.41, 5.74) is 2.04. The first-order valence-electron chi connectivity index (χ1n) is 6.15. The fourth-order valence-electron chi connectivity index (χ4n) is 1.95. The second-order valence-electron chi connectivity index (χ2n) is 4.26. The van der Waals surface area contributed by atoms with Crippen molar-refractivity contribution in [3.05, 3.63) is 54.1 Å². The van der Waals surface area contributed by atoms with Gasteiger partial charge in [-0.3, -0.25) is 14.5 Å². The molecule has 0 aliphatic heterocycles. The van der Waals surface area contributed by atoms with Crippen molar-refractivity contribution in [2.45, 2.75) is 6.92 Å². The zero-order valence-corrected chi connectivity index (χ0v) is 11.4. The summed E-state index contributed by atoms with van der Waals surface area (Å²) in [6.45, 7) is 1.50. The van der Waals surface area contributed by atoms with E-state index in [9.17, 15) is 9.59 Å². The van der Waals surface area contributed by atoms with E-state index in [4.69, 9.17) is 4.74 Å². The van der Waals surface area contributed by atoms with Crippen LogP contribution in [0.2, 0.25) is 0 Å². The topological polar surface area (TPSA) is 46.6 Å². The van der Waals surface area contributed by atoms with Crippen LogP contribution < -0.4 is 9.64 Å². The minimum Gasteiger partial charge on any atom is -0.497 e. The molecule has 0 heterocycles. The van der Waals surface area contributed by atoms with Crippen molar-refractivity contribution in [3.8, 4) is 5.75 Å². The molecule has 0 saturated carbocycles. The largest absolute Gasteiger partial charge is 0.497 e. The third kappa shape index (κ3) is 2.85. The molecule has 0 aliphatic rings. The third-order valence-corrected chi connectivity index (χ3v) is 2.93. The van der Waals surface area contributed by atoms with Gasteiger partial charge in [-0.2, -0.15) is 0 Å². The molecule has 0 N–H and O–H groups in total. The summed E-state index contributed by atoms with van der Waals surface area (Å²) in [6.07, 6.45) is 0.773. The van der Waals surface area contributed by atoms with Crippen molar-refractivity contribution in [3.63, 3.8) is 0 Å². The molecular formula is C16H15NO3. The summed E-state index contributed by atoms with van der Waals surface area (Å²) in [4.78, 5) is 24.1. The highest BCUT2D eigenvalue weighted by Gasteiger charge is 2.13. The van der Waals surface area contributed by atoms with E-state index in [0.717, 1.165) is 17.7 Å². The summed E-state index contributed by atoms with van der Waals surface area (Å²) < 4.78 is 5.10. The lowest BCUT2D eigenvalue weighted by Crippen LogP contribution is -2.22. The summed E-state index contributed by atoms with van der Waals surface area (Å²) in [7, 11) is 1.59. The van der Waals surface area contributed by atoms with Gasteiger partial charge >= 0.3 is 0 Å². The van der Waals surface area contributed by atoms with E-state index in [1.54, 1.807) is 48.4 Å². The van der Waals surface area contributed by atoms with Crippen LogP contribution in [0.1, 0.15) is 17.3 Å². The Hall–Kier alpha value is -2.62. The average Bonchev–Trinajstić information content (AvgIpc) is 2.48. The number of ether oxygens (including phenoxy) is 1. The smallest absolute Gasteiger partial charge is 0.228 e. The first-order valence-corrected chi connectivity index (χ1v) is 6.15. The highest BCUT2D eigenvalue weighted by atomic mass is 16.5. The molecule has 20 heavy (non-hydrogen) atoms. The lowest BCUT2D eigenvalue weighted by molar-refractivity contribution is -0.115. The molecule has 0 bridgehead atoms. The Balaban J connectivity index is 2.38. The molecule has 2 rings (SSSR count). The molecule has 102 valence electrons. The number of amides is 1. The summed E-state index contributed by atoms with van der Waals surface area (Å²) >= 11 is 0. The van der Waals surface area contributed by atoms with Crippen molar-refractivity contribution in [2.24, 2.45) is 0 Å². The van der Waals surface area contributed by atoms with Crippen LogP contribution in [0.4, 0.5) is 11.4 Å². The minimum atomic E-state index is -0.103. The molecule has 0 atom stereocenters. The minimum absolute atomic E-state index is 0.103. The number of carbonyl (C=O) groups is 2. The van der Waals surface area contributed by atoms with Crippen molar-refractivity contribution in [1.29, 1.82) is 0 Å². The van der Waals surface area contributed by atoms with E-state index in [1.165, 1.54) is 6.92 Å². The molecule has 0 saturated heterocycles. The Bertz CT molecular complexity index is 603. The molecule has 0 unspecified atom stereocenters. The van der Waals surface area contributed by atoms with Gasteiger partial charge in [0.2, 0.25) is 5.91 Å². The number of hydrogen-bond acceptors (Lipinski definition) is 3. The van der Waals surface area contributed by atoms with E-state index in [2.05, 4.69) is 0 Å². The van der Waals surface area contributed by atoms with Crippen molar-refractivity contribution in [1.82, 2.24) is 0 Å². The van der Waals surface area contributed by atoms with Gasteiger partial charge in [-0.25, -0.2) is 0 Å². The van der Waals surface area contributed by atoms with E-state index in [-0.39, 0.29) is 5.91 Å². The first kappa shape index (κ1) is 13.8. The highest BCUT2D eigenvalue weighted by Crippen LogP contribution is 2.27. The van der Waals surface area contributed by atoms with Gasteiger partial charge in [0.25, 0.3) is 0 Å². The molecule has 4 nitrogen and oxygen atoms in total. The fourth-order valence-corrected chi connectivity index (χ4v) is 1.95. The Labute approximate surface area is 117 Å². The lowest BCUT2D eigenvalue weighted by atomic mass is 10.2. The Morgan fingerprint density at radius 1 is 1.00 bits per heavy atom. The van der Waals surface area contributed by atoms with Gasteiger partial charge in [-0.1, -0.05) is 0 Å². The number of anilines is 2. The third-order valence-electron chi connectivity index (χ3n) is 2.93. The van der Waals surface area contributed by atoms with Gasteiger partial charge in [0.1, 0.15) is 12.0 Å². The second kappa shape index (κ2) is 6.02. The van der Waals surface area contributed by atoms with Crippen LogP contribution in [-0.2, 0) is 4.79 Å². The van der Waals surface area contributed by atoms with Gasteiger partial charge in [0.05, 0.1) is 7.11 Å². The SMILES string of the molecule is COc1ccc(N(C(C)=O)c2ccc(C=O)cc2)cc1. The number of aldehydes is 1. The summed E-state index contributed by atoms with van der Waals surface area (Å²) in [5.74, 6) is 0.627. The number of benzene rings is 2. The number of carbonyl (C=O) groups excluding carboxylic acids is 2. The van der Waals surface area contributed by atoms with Gasteiger partial charge < -0.3 is 4.74 Å². The molecule has 2 aromatic carbocycles. The van der Waals surface area contributed by atoms with Crippen molar-refractivity contribution in [2.75, 3.05) is 12.0 Å². The molecule has 0 aromatic heterocycles. The van der Waals surface area contributed by atoms with Gasteiger partial charge in [0, 0.05) is 23.9 Å². The second-order valence-corrected chi connectivity index (χ2v) is 4.26. The summed E-state index contributed by atoms with van der Waals surface area (Å²) in [6, 6.07) is 14.1. The average molecular weight is 269 g/mol. The van der Waals surface area contributed by atoms with Crippen molar-refractivity contribution >= 4 is 23.6 Å². The van der Waals surface area contributed by atoms with Crippen LogP contribution in [0.25, 0.3) is 0 Å². The molecule has 0 spiro atoms. The summed E-state index contributed by atoms with van der Waals surface area (Å²) in [5, 5.41) is 0. The normalized spacial score (nSPS) is 9.90. The van der Waals surface area contributed by atoms with Gasteiger partial charge in [-0.15, -0.1) is 0 Å². The Kier molecular flexibility index (Phi) is 4.15. The maximum absolute atomic E-state index is 11.9. The molecule has 0 aliphatic carbocycles. The van der Waals surface area contributed by atoms with Crippen LogP contribution in [0.15, 0.2) is 48.5 Å². The van der Waals surface area contributed by atoms with Gasteiger partial charge in [0.15, 0.2) is 0 Å². The zero-order chi connectivity index (χ0) is 14.5. The number of rotatable bonds is 4. The Morgan fingerprint density at radius 2 is 1.50 bits per heavy atom. The Morgan fingerprint density at radius 3 is 1.90 bits per heavy atom. The molecule has 0 radical (unpaired) electrons. The zero-order valence-electron chi connectivity index (χ0n) is 11.4. The predicted molar refractivity (Wildman–Crippen MR) is 77.6 cm³/mol. The van der Waals surface area contributed by atoms with E-state index in [0.29, 0.717) is 11.3 Å². The van der Waals surface area contributed by atoms with Crippen LogP contribution in [0.5, 0.6) is 5.75 Å². The van der Waals surface area contributed by atoms with Crippen molar-refractivity contribution < 1.29 is 14.3 Å². The maximum Gasteiger partial charge on any atom is 0.228 e. The fraction of sp³-hybridized carbons (Fsp3) is 0.125. The number of nitrogens with zero attached hydrogens (tertiary/aromatic N) is 1. The number of methoxy groups -OCH3 is 1. The standard InChI is InChI=1S/C16H15NO3/c1-12(19)17(14-5-3-13(11-18)4-6-14)15-7-9-16(20-2)10-8-15/h3-11H,1-2H3. The molecule has 2 aromatic rings. The van der Waals surface area contributed by atoms with E-state index < -0.39 is 0 Å². The first-order chi connectivity index (χ1) is 9.65. The van der Waals surface area contributed by atoms with Crippen LogP contribution >= 0.6 is 0 Å². The van der Waals surface area contributed by atoms with Gasteiger partial charge in [-0.05, 0) is 48.5 Å². The van der Waals surface area contributed by atoms with E-state index in [1.807, 2.05) is 12.1 Å². The van der Waals surface area contributed by atoms with Crippen LogP contribution in [0.3, 0.4) is 0 Å². The van der Waals surface area contributed by atoms with Crippen LogP contribution in [-0.4, -0.2) is 19.3 Å². The number of hydrogen-bond donors (Lipinski definition) is 0. The predicted octanol–water partition coefficient (Wildman–Crippen LogP) is 3.19. The molecule has 4 heteroatoms. The molecular weight excluding hydrogens is 254 g/mol. The molecule has 0 fully saturated rings. The maximum atomic E-state index is 11.9. The van der Waals surface area contributed by atoms with Crippen LogP contribution in [0, 0.1) is 0 Å².